The highest BCUT2D eigenvalue weighted by atomic mass is 16.5. The van der Waals surface area contributed by atoms with Gasteiger partial charge in [-0.3, -0.25) is 4.79 Å². The van der Waals surface area contributed by atoms with E-state index < -0.39 is 5.97 Å². The zero-order chi connectivity index (χ0) is 13.7. The Morgan fingerprint density at radius 3 is 2.95 bits per heavy atom. The molecule has 2 N–H and O–H groups in total. The zero-order valence-corrected chi connectivity index (χ0v) is 11.3. The Kier molecular flexibility index (Phi) is 4.80. The first-order valence-corrected chi connectivity index (χ1v) is 6.82. The van der Waals surface area contributed by atoms with Crippen LogP contribution in [0.2, 0.25) is 0 Å². The van der Waals surface area contributed by atoms with Crippen LogP contribution in [0, 0.1) is 12.8 Å². The molecule has 1 fully saturated rings. The standard InChI is InChI=1S/C15H21NO3/c1-11-4-2-5-13(10-11)19-9-3-8-16-14(15(17)18)12-6-7-12/h2,4-5,10,12,14,16H,3,6-9H2,1H3,(H,17,18). The second-order valence-electron chi connectivity index (χ2n) is 5.13. The first-order chi connectivity index (χ1) is 9.16. The Morgan fingerprint density at radius 1 is 1.53 bits per heavy atom. The molecular weight excluding hydrogens is 242 g/mol. The highest BCUT2D eigenvalue weighted by Gasteiger charge is 2.35. The summed E-state index contributed by atoms with van der Waals surface area (Å²) >= 11 is 0. The summed E-state index contributed by atoms with van der Waals surface area (Å²) < 4.78 is 5.62. The predicted molar refractivity (Wildman–Crippen MR) is 73.4 cm³/mol. The fourth-order valence-corrected chi connectivity index (χ4v) is 2.11. The fraction of sp³-hybridized carbons (Fsp3) is 0.533. The van der Waals surface area contributed by atoms with Gasteiger partial charge in [0, 0.05) is 0 Å². The number of carboxylic acid groups (broad SMARTS) is 1. The van der Waals surface area contributed by atoms with Crippen LogP contribution in [0.15, 0.2) is 24.3 Å². The van der Waals surface area contributed by atoms with E-state index in [4.69, 9.17) is 9.84 Å². The van der Waals surface area contributed by atoms with Crippen LogP contribution in [-0.2, 0) is 4.79 Å². The molecule has 1 atom stereocenters. The summed E-state index contributed by atoms with van der Waals surface area (Å²) in [6.45, 7) is 3.31. The van der Waals surface area contributed by atoms with Crippen molar-refractivity contribution >= 4 is 5.97 Å². The van der Waals surface area contributed by atoms with Crippen molar-refractivity contribution < 1.29 is 14.6 Å². The predicted octanol–water partition coefficient (Wildman–Crippen LogP) is 2.22. The van der Waals surface area contributed by atoms with Crippen LogP contribution in [0.4, 0.5) is 0 Å². The molecule has 1 aromatic carbocycles. The Balaban J connectivity index is 1.62. The lowest BCUT2D eigenvalue weighted by atomic mass is 10.2. The van der Waals surface area contributed by atoms with Crippen LogP contribution in [0.1, 0.15) is 24.8 Å². The number of rotatable bonds is 8. The molecule has 1 aliphatic carbocycles. The summed E-state index contributed by atoms with van der Waals surface area (Å²) in [5, 5.41) is 12.2. The van der Waals surface area contributed by atoms with Gasteiger partial charge < -0.3 is 15.2 Å². The summed E-state index contributed by atoms with van der Waals surface area (Å²) in [4.78, 5) is 11.0. The topological polar surface area (TPSA) is 58.6 Å². The molecule has 0 amide bonds. The van der Waals surface area contributed by atoms with Crippen molar-refractivity contribution in [3.8, 4) is 5.75 Å². The van der Waals surface area contributed by atoms with E-state index in [1.54, 1.807) is 0 Å². The molecule has 0 radical (unpaired) electrons. The first kappa shape index (κ1) is 13.9. The number of carboxylic acids is 1. The van der Waals surface area contributed by atoms with Gasteiger partial charge in [-0.2, -0.15) is 0 Å². The van der Waals surface area contributed by atoms with E-state index >= 15 is 0 Å². The van der Waals surface area contributed by atoms with E-state index in [0.29, 0.717) is 19.1 Å². The molecule has 0 saturated heterocycles. The number of nitrogens with one attached hydrogen (secondary N) is 1. The normalized spacial score (nSPS) is 16.1. The van der Waals surface area contributed by atoms with Gasteiger partial charge in [0.05, 0.1) is 6.61 Å². The smallest absolute Gasteiger partial charge is 0.320 e. The van der Waals surface area contributed by atoms with E-state index in [9.17, 15) is 4.79 Å². The number of aliphatic carboxylic acids is 1. The van der Waals surface area contributed by atoms with E-state index in [1.165, 1.54) is 5.56 Å². The maximum Gasteiger partial charge on any atom is 0.320 e. The van der Waals surface area contributed by atoms with E-state index in [-0.39, 0.29) is 6.04 Å². The average molecular weight is 263 g/mol. The lowest BCUT2D eigenvalue weighted by molar-refractivity contribution is -0.140. The fourth-order valence-electron chi connectivity index (χ4n) is 2.11. The first-order valence-electron chi connectivity index (χ1n) is 6.82. The quantitative estimate of drug-likeness (QED) is 0.706. The van der Waals surface area contributed by atoms with Crippen LogP contribution in [0.5, 0.6) is 5.75 Å². The number of aryl methyl sites for hydroxylation is 1. The summed E-state index contributed by atoms with van der Waals surface area (Å²) in [7, 11) is 0. The highest BCUT2D eigenvalue weighted by molar-refractivity contribution is 5.74. The molecule has 19 heavy (non-hydrogen) atoms. The molecular formula is C15H21NO3. The molecule has 1 aromatic rings. The van der Waals surface area contributed by atoms with Crippen molar-refractivity contribution in [3.05, 3.63) is 29.8 Å². The molecule has 0 aliphatic heterocycles. The minimum Gasteiger partial charge on any atom is -0.494 e. The molecule has 4 nitrogen and oxygen atoms in total. The van der Waals surface area contributed by atoms with Crippen LogP contribution in [-0.4, -0.2) is 30.3 Å². The summed E-state index contributed by atoms with van der Waals surface area (Å²) in [6, 6.07) is 7.55. The monoisotopic (exact) mass is 263 g/mol. The van der Waals surface area contributed by atoms with Crippen LogP contribution < -0.4 is 10.1 Å². The van der Waals surface area contributed by atoms with Gasteiger partial charge in [0.25, 0.3) is 0 Å². The van der Waals surface area contributed by atoms with Gasteiger partial charge in [-0.05, 0) is 56.3 Å². The Morgan fingerprint density at radius 2 is 2.32 bits per heavy atom. The van der Waals surface area contributed by atoms with Crippen molar-refractivity contribution in [1.29, 1.82) is 0 Å². The third-order valence-electron chi connectivity index (χ3n) is 3.30. The number of hydrogen-bond acceptors (Lipinski definition) is 3. The van der Waals surface area contributed by atoms with Crippen molar-refractivity contribution in [2.24, 2.45) is 5.92 Å². The van der Waals surface area contributed by atoms with Crippen LogP contribution in [0.25, 0.3) is 0 Å². The molecule has 4 heteroatoms. The second-order valence-corrected chi connectivity index (χ2v) is 5.13. The van der Waals surface area contributed by atoms with E-state index in [2.05, 4.69) is 5.32 Å². The Labute approximate surface area is 113 Å². The number of hydrogen-bond donors (Lipinski definition) is 2. The molecule has 1 aliphatic rings. The van der Waals surface area contributed by atoms with Crippen LogP contribution in [0.3, 0.4) is 0 Å². The Bertz CT molecular complexity index is 429. The molecule has 1 saturated carbocycles. The summed E-state index contributed by atoms with van der Waals surface area (Å²) in [5.41, 5.74) is 1.18. The van der Waals surface area contributed by atoms with Gasteiger partial charge in [0.1, 0.15) is 11.8 Å². The lowest BCUT2D eigenvalue weighted by Gasteiger charge is -2.13. The van der Waals surface area contributed by atoms with Gasteiger partial charge >= 0.3 is 5.97 Å². The molecule has 0 bridgehead atoms. The molecule has 104 valence electrons. The van der Waals surface area contributed by atoms with Gasteiger partial charge in [0.15, 0.2) is 0 Å². The molecule has 1 unspecified atom stereocenters. The van der Waals surface area contributed by atoms with E-state index in [1.807, 2.05) is 31.2 Å². The maximum absolute atomic E-state index is 11.0. The number of benzene rings is 1. The second kappa shape index (κ2) is 6.57. The molecule has 0 spiro atoms. The van der Waals surface area contributed by atoms with Gasteiger partial charge in [-0.25, -0.2) is 0 Å². The summed E-state index contributed by atoms with van der Waals surface area (Å²) in [5.74, 6) is 0.467. The van der Waals surface area contributed by atoms with Gasteiger partial charge in [-0.1, -0.05) is 12.1 Å². The van der Waals surface area contributed by atoms with Gasteiger partial charge in [-0.15, -0.1) is 0 Å². The highest BCUT2D eigenvalue weighted by Crippen LogP contribution is 2.32. The molecule has 2 rings (SSSR count). The minimum atomic E-state index is -0.734. The number of carbonyl (C=O) groups is 1. The van der Waals surface area contributed by atoms with Gasteiger partial charge in [0.2, 0.25) is 0 Å². The van der Waals surface area contributed by atoms with Crippen molar-refractivity contribution in [2.75, 3.05) is 13.2 Å². The Hall–Kier alpha value is -1.55. The molecule has 0 heterocycles. The lowest BCUT2D eigenvalue weighted by Crippen LogP contribution is -2.39. The third kappa shape index (κ3) is 4.56. The zero-order valence-electron chi connectivity index (χ0n) is 11.3. The maximum atomic E-state index is 11.0. The van der Waals surface area contributed by atoms with Crippen molar-refractivity contribution in [2.45, 2.75) is 32.2 Å². The average Bonchev–Trinajstić information content (AvgIpc) is 3.17. The SMILES string of the molecule is Cc1cccc(OCCCNC(C(=O)O)C2CC2)c1. The third-order valence-corrected chi connectivity index (χ3v) is 3.30. The van der Waals surface area contributed by atoms with Crippen molar-refractivity contribution in [3.63, 3.8) is 0 Å². The summed E-state index contributed by atoms with van der Waals surface area (Å²) in [6.07, 6.45) is 2.87. The van der Waals surface area contributed by atoms with Crippen LogP contribution >= 0.6 is 0 Å². The van der Waals surface area contributed by atoms with Crippen molar-refractivity contribution in [1.82, 2.24) is 5.32 Å². The number of ether oxygens (including phenoxy) is 1. The molecule has 0 aromatic heterocycles. The minimum absolute atomic E-state index is 0.329. The largest absolute Gasteiger partial charge is 0.494 e. The van der Waals surface area contributed by atoms with E-state index in [0.717, 1.165) is 25.0 Å².